The highest BCUT2D eigenvalue weighted by Gasteiger charge is 2.18. The molecule has 104 valence electrons. The molecule has 1 heterocycles. The number of nitrogens with zero attached hydrogens (tertiary/aromatic N) is 2. The molecule has 1 aromatic heterocycles. The first kappa shape index (κ1) is 12.4. The van der Waals surface area contributed by atoms with Gasteiger partial charge in [-0.25, -0.2) is 4.98 Å². The average Bonchev–Trinajstić information content (AvgIpc) is 3.19. The lowest BCUT2D eigenvalue weighted by Crippen LogP contribution is -2.11. The number of benzene rings is 2. The van der Waals surface area contributed by atoms with Gasteiger partial charge in [0.15, 0.2) is 0 Å². The number of aromatic nitrogens is 2. The van der Waals surface area contributed by atoms with Crippen molar-refractivity contribution < 1.29 is 0 Å². The molecule has 0 fully saturated rings. The standard InChI is InChI=1S/C19H18N2/c1-2-5-16(6-3-1)19(21-12-11-20-14-21)18-10-9-15-7-4-8-17(15)13-18/h1-3,5-6,9-14,19H,4,7-8H2. The largest absolute Gasteiger partial charge is 0.326 e. The van der Waals surface area contributed by atoms with Crippen molar-refractivity contribution in [3.63, 3.8) is 0 Å². The highest BCUT2D eigenvalue weighted by molar-refractivity contribution is 5.40. The second kappa shape index (κ2) is 5.21. The van der Waals surface area contributed by atoms with Crippen LogP contribution in [0.15, 0.2) is 67.3 Å². The average molecular weight is 274 g/mol. The first-order chi connectivity index (χ1) is 10.4. The molecule has 4 rings (SSSR count). The number of imidazole rings is 1. The molecule has 0 saturated heterocycles. The van der Waals surface area contributed by atoms with Crippen LogP contribution in [0.2, 0.25) is 0 Å². The third-order valence-electron chi connectivity index (χ3n) is 4.38. The predicted octanol–water partition coefficient (Wildman–Crippen LogP) is 4.01. The van der Waals surface area contributed by atoms with Gasteiger partial charge in [0.25, 0.3) is 0 Å². The van der Waals surface area contributed by atoms with Gasteiger partial charge in [0.1, 0.15) is 0 Å². The monoisotopic (exact) mass is 274 g/mol. The summed E-state index contributed by atoms with van der Waals surface area (Å²) >= 11 is 0. The molecule has 0 spiro atoms. The summed E-state index contributed by atoms with van der Waals surface area (Å²) in [6.45, 7) is 0. The van der Waals surface area contributed by atoms with E-state index in [1.807, 2.05) is 18.7 Å². The van der Waals surface area contributed by atoms with Crippen LogP contribution in [-0.4, -0.2) is 9.55 Å². The molecule has 1 atom stereocenters. The smallest absolute Gasteiger partial charge is 0.0954 e. The molecule has 0 radical (unpaired) electrons. The summed E-state index contributed by atoms with van der Waals surface area (Å²) in [5.41, 5.74) is 5.69. The third kappa shape index (κ3) is 2.27. The van der Waals surface area contributed by atoms with Crippen molar-refractivity contribution in [1.29, 1.82) is 0 Å². The molecule has 0 N–H and O–H groups in total. The molecule has 0 amide bonds. The minimum Gasteiger partial charge on any atom is -0.326 e. The van der Waals surface area contributed by atoms with Crippen LogP contribution in [-0.2, 0) is 12.8 Å². The molecule has 0 bridgehead atoms. The summed E-state index contributed by atoms with van der Waals surface area (Å²) < 4.78 is 2.19. The minimum atomic E-state index is 0.208. The van der Waals surface area contributed by atoms with Crippen LogP contribution < -0.4 is 0 Å². The normalized spacial score (nSPS) is 14.9. The van der Waals surface area contributed by atoms with Gasteiger partial charge in [-0.15, -0.1) is 0 Å². The Kier molecular flexibility index (Phi) is 3.07. The van der Waals surface area contributed by atoms with Crippen molar-refractivity contribution in [2.75, 3.05) is 0 Å². The molecule has 1 aliphatic rings. The quantitative estimate of drug-likeness (QED) is 0.705. The molecular formula is C19H18N2. The molecular weight excluding hydrogens is 256 g/mol. The van der Waals surface area contributed by atoms with E-state index in [9.17, 15) is 0 Å². The minimum absolute atomic E-state index is 0.208. The number of hydrogen-bond donors (Lipinski definition) is 0. The van der Waals surface area contributed by atoms with Crippen molar-refractivity contribution in [1.82, 2.24) is 9.55 Å². The van der Waals surface area contributed by atoms with Gasteiger partial charge in [0, 0.05) is 12.4 Å². The summed E-state index contributed by atoms with van der Waals surface area (Å²) in [7, 11) is 0. The fraction of sp³-hybridized carbons (Fsp3) is 0.211. The lowest BCUT2D eigenvalue weighted by molar-refractivity contribution is 0.676. The Hall–Kier alpha value is -2.35. The molecule has 1 unspecified atom stereocenters. The van der Waals surface area contributed by atoms with Crippen LogP contribution in [0, 0.1) is 0 Å². The first-order valence-electron chi connectivity index (χ1n) is 7.56. The molecule has 2 nitrogen and oxygen atoms in total. The predicted molar refractivity (Wildman–Crippen MR) is 84.4 cm³/mol. The van der Waals surface area contributed by atoms with Gasteiger partial charge < -0.3 is 4.57 Å². The molecule has 2 aromatic carbocycles. The van der Waals surface area contributed by atoms with Gasteiger partial charge in [0.2, 0.25) is 0 Å². The zero-order valence-electron chi connectivity index (χ0n) is 11.9. The van der Waals surface area contributed by atoms with E-state index in [-0.39, 0.29) is 6.04 Å². The van der Waals surface area contributed by atoms with Gasteiger partial charge in [-0.2, -0.15) is 0 Å². The second-order valence-electron chi connectivity index (χ2n) is 5.70. The van der Waals surface area contributed by atoms with Gasteiger partial charge >= 0.3 is 0 Å². The van der Waals surface area contributed by atoms with Gasteiger partial charge in [0.05, 0.1) is 12.4 Å². The van der Waals surface area contributed by atoms with Gasteiger partial charge in [-0.3, -0.25) is 0 Å². The van der Waals surface area contributed by atoms with Crippen LogP contribution in [0.25, 0.3) is 0 Å². The number of hydrogen-bond acceptors (Lipinski definition) is 1. The van der Waals surface area contributed by atoms with Crippen LogP contribution >= 0.6 is 0 Å². The molecule has 2 heteroatoms. The van der Waals surface area contributed by atoms with Crippen LogP contribution in [0.4, 0.5) is 0 Å². The fourth-order valence-corrected chi connectivity index (χ4v) is 3.36. The third-order valence-corrected chi connectivity index (χ3v) is 4.38. The van der Waals surface area contributed by atoms with Crippen molar-refractivity contribution >= 4 is 0 Å². The summed E-state index contributed by atoms with van der Waals surface area (Å²) in [5.74, 6) is 0. The lowest BCUT2D eigenvalue weighted by Gasteiger charge is -2.20. The highest BCUT2D eigenvalue weighted by Crippen LogP contribution is 2.30. The maximum atomic E-state index is 4.23. The van der Waals surface area contributed by atoms with E-state index >= 15 is 0 Å². The van der Waals surface area contributed by atoms with Gasteiger partial charge in [-0.1, -0.05) is 48.5 Å². The Bertz CT molecular complexity index is 730. The van der Waals surface area contributed by atoms with E-state index in [4.69, 9.17) is 0 Å². The zero-order valence-corrected chi connectivity index (χ0v) is 11.9. The summed E-state index contributed by atoms with van der Waals surface area (Å²) in [5, 5.41) is 0. The van der Waals surface area contributed by atoms with E-state index in [2.05, 4.69) is 58.1 Å². The van der Waals surface area contributed by atoms with E-state index in [1.54, 1.807) is 0 Å². The van der Waals surface area contributed by atoms with Crippen molar-refractivity contribution in [2.45, 2.75) is 25.3 Å². The summed E-state index contributed by atoms with van der Waals surface area (Å²) in [4.78, 5) is 4.23. The van der Waals surface area contributed by atoms with Crippen LogP contribution in [0.5, 0.6) is 0 Å². The van der Waals surface area contributed by atoms with E-state index in [1.165, 1.54) is 41.5 Å². The maximum Gasteiger partial charge on any atom is 0.0954 e. The van der Waals surface area contributed by atoms with Crippen LogP contribution in [0.3, 0.4) is 0 Å². The molecule has 0 aliphatic heterocycles. The Morgan fingerprint density at radius 1 is 0.905 bits per heavy atom. The first-order valence-corrected chi connectivity index (χ1v) is 7.56. The Balaban J connectivity index is 1.83. The lowest BCUT2D eigenvalue weighted by atomic mass is 9.95. The van der Waals surface area contributed by atoms with Crippen molar-refractivity contribution in [2.24, 2.45) is 0 Å². The highest BCUT2D eigenvalue weighted by atomic mass is 15.0. The Labute approximate surface area is 125 Å². The van der Waals surface area contributed by atoms with E-state index in [0.29, 0.717) is 0 Å². The van der Waals surface area contributed by atoms with Crippen LogP contribution in [0.1, 0.15) is 34.7 Å². The fourth-order valence-electron chi connectivity index (χ4n) is 3.36. The number of aryl methyl sites for hydroxylation is 2. The molecule has 0 saturated carbocycles. The number of rotatable bonds is 3. The zero-order chi connectivity index (χ0) is 14.1. The maximum absolute atomic E-state index is 4.23. The Morgan fingerprint density at radius 3 is 2.57 bits per heavy atom. The van der Waals surface area contributed by atoms with E-state index < -0.39 is 0 Å². The topological polar surface area (TPSA) is 17.8 Å². The molecule has 1 aliphatic carbocycles. The number of fused-ring (bicyclic) bond motifs is 1. The second-order valence-corrected chi connectivity index (χ2v) is 5.70. The van der Waals surface area contributed by atoms with E-state index in [0.717, 1.165) is 0 Å². The van der Waals surface area contributed by atoms with Crippen molar-refractivity contribution in [3.05, 3.63) is 89.5 Å². The van der Waals surface area contributed by atoms with Crippen molar-refractivity contribution in [3.8, 4) is 0 Å². The van der Waals surface area contributed by atoms with Gasteiger partial charge in [-0.05, 0) is 41.5 Å². The SMILES string of the molecule is c1ccc(C(c2ccc3c(c2)CCC3)n2ccnc2)cc1. The summed E-state index contributed by atoms with van der Waals surface area (Å²) in [6, 6.07) is 17.8. The molecule has 3 aromatic rings. The summed E-state index contributed by atoms with van der Waals surface area (Å²) in [6.07, 6.45) is 9.55. The molecule has 21 heavy (non-hydrogen) atoms. The Morgan fingerprint density at radius 2 is 1.76 bits per heavy atom.